The molecule has 0 unspecified atom stereocenters. The van der Waals surface area contributed by atoms with Crippen molar-refractivity contribution in [2.75, 3.05) is 11.9 Å². The molecule has 2 aromatic rings. The average molecular weight is 307 g/mol. The molecule has 1 saturated carbocycles. The number of aromatic nitrogens is 1. The molecule has 1 heterocycles. The van der Waals surface area contributed by atoms with E-state index < -0.39 is 5.60 Å². The summed E-state index contributed by atoms with van der Waals surface area (Å²) in [6, 6.07) is 10.0. The third kappa shape index (κ3) is 2.22. The van der Waals surface area contributed by atoms with Crippen LogP contribution in [0.1, 0.15) is 19.3 Å². The summed E-state index contributed by atoms with van der Waals surface area (Å²) in [5, 5.41) is 14.4. The Morgan fingerprint density at radius 1 is 1.28 bits per heavy atom. The Hall–Kier alpha value is -1.13. The lowest BCUT2D eigenvalue weighted by Gasteiger charge is -2.36. The van der Waals surface area contributed by atoms with Gasteiger partial charge in [0.2, 0.25) is 0 Å². The topological polar surface area (TPSA) is 45.1 Å². The second kappa shape index (κ2) is 4.52. The Morgan fingerprint density at radius 3 is 2.83 bits per heavy atom. The van der Waals surface area contributed by atoms with Gasteiger partial charge in [-0.2, -0.15) is 0 Å². The van der Waals surface area contributed by atoms with E-state index in [-0.39, 0.29) is 0 Å². The van der Waals surface area contributed by atoms with Crippen molar-refractivity contribution in [3.63, 3.8) is 0 Å². The van der Waals surface area contributed by atoms with Crippen LogP contribution in [0.2, 0.25) is 0 Å². The molecule has 4 heteroatoms. The quantitative estimate of drug-likeness (QED) is 0.914. The third-order valence-electron chi connectivity index (χ3n) is 3.55. The van der Waals surface area contributed by atoms with Gasteiger partial charge in [-0.3, -0.25) is 0 Å². The molecule has 1 aliphatic carbocycles. The monoisotopic (exact) mass is 306 g/mol. The number of nitrogens with zero attached hydrogens (tertiary/aromatic N) is 1. The van der Waals surface area contributed by atoms with Crippen LogP contribution in [0.5, 0.6) is 0 Å². The molecule has 0 spiro atoms. The van der Waals surface area contributed by atoms with Crippen LogP contribution < -0.4 is 5.32 Å². The number of anilines is 1. The molecule has 3 rings (SSSR count). The zero-order chi connectivity index (χ0) is 12.6. The van der Waals surface area contributed by atoms with E-state index in [1.165, 1.54) is 0 Å². The van der Waals surface area contributed by atoms with E-state index in [2.05, 4.69) is 26.2 Å². The van der Waals surface area contributed by atoms with Crippen LogP contribution in [-0.4, -0.2) is 22.2 Å². The number of hydrogen-bond acceptors (Lipinski definition) is 3. The first kappa shape index (κ1) is 11.9. The number of nitrogens with one attached hydrogen (secondary N) is 1. The fourth-order valence-electron chi connectivity index (χ4n) is 2.23. The molecule has 1 aliphatic rings. The Bertz CT molecular complexity index is 581. The lowest BCUT2D eigenvalue weighted by molar-refractivity contribution is -0.0202. The first-order valence-electron chi connectivity index (χ1n) is 6.18. The first-order chi connectivity index (χ1) is 8.66. The Kier molecular flexibility index (Phi) is 2.99. The van der Waals surface area contributed by atoms with E-state index in [0.717, 1.165) is 40.5 Å². The zero-order valence-corrected chi connectivity index (χ0v) is 11.6. The summed E-state index contributed by atoms with van der Waals surface area (Å²) in [6.07, 6.45) is 2.89. The number of rotatable bonds is 3. The zero-order valence-electron chi connectivity index (χ0n) is 9.99. The highest BCUT2D eigenvalue weighted by Crippen LogP contribution is 2.31. The van der Waals surface area contributed by atoms with E-state index >= 15 is 0 Å². The number of benzene rings is 1. The van der Waals surface area contributed by atoms with Crippen LogP contribution in [0.25, 0.3) is 10.9 Å². The summed E-state index contributed by atoms with van der Waals surface area (Å²) < 4.78 is 0.992. The van der Waals surface area contributed by atoms with Crippen LogP contribution in [0.3, 0.4) is 0 Å². The van der Waals surface area contributed by atoms with Gasteiger partial charge in [0, 0.05) is 16.4 Å². The molecule has 0 aliphatic heterocycles. The van der Waals surface area contributed by atoms with E-state index in [4.69, 9.17) is 0 Å². The largest absolute Gasteiger partial charge is 0.388 e. The van der Waals surface area contributed by atoms with Crippen molar-refractivity contribution in [3.05, 3.63) is 34.8 Å². The molecule has 0 saturated heterocycles. The van der Waals surface area contributed by atoms with Gasteiger partial charge in [-0.25, -0.2) is 4.98 Å². The standard InChI is InChI=1S/C14H15BrN2O/c15-11-4-1-3-10-5-6-12(17-13(10)11)16-9-14(18)7-2-8-14/h1,3-6,18H,2,7-9H2,(H,16,17). The Labute approximate surface area is 114 Å². The number of aliphatic hydroxyl groups is 1. The van der Waals surface area contributed by atoms with Crippen molar-refractivity contribution >= 4 is 32.7 Å². The second-order valence-electron chi connectivity index (χ2n) is 4.94. The van der Waals surface area contributed by atoms with E-state index in [1.807, 2.05) is 30.3 Å². The number of fused-ring (bicyclic) bond motifs is 1. The molecule has 94 valence electrons. The molecule has 1 aromatic carbocycles. The molecule has 0 bridgehead atoms. The lowest BCUT2D eigenvalue weighted by atomic mass is 9.80. The summed E-state index contributed by atoms with van der Waals surface area (Å²) in [7, 11) is 0. The number of pyridine rings is 1. The molecular weight excluding hydrogens is 292 g/mol. The van der Waals surface area contributed by atoms with E-state index in [1.54, 1.807) is 0 Å². The van der Waals surface area contributed by atoms with Gasteiger partial charge >= 0.3 is 0 Å². The summed E-state index contributed by atoms with van der Waals surface area (Å²) >= 11 is 3.51. The minimum absolute atomic E-state index is 0.523. The van der Waals surface area contributed by atoms with Crippen molar-refractivity contribution in [1.82, 2.24) is 4.98 Å². The highest BCUT2D eigenvalue weighted by Gasteiger charge is 2.33. The minimum atomic E-state index is -0.523. The molecule has 18 heavy (non-hydrogen) atoms. The predicted octanol–water partition coefficient (Wildman–Crippen LogP) is 3.32. The van der Waals surface area contributed by atoms with Gasteiger partial charge in [-0.1, -0.05) is 12.1 Å². The van der Waals surface area contributed by atoms with Gasteiger partial charge in [0.15, 0.2) is 0 Å². The van der Waals surface area contributed by atoms with Gasteiger partial charge in [0.25, 0.3) is 0 Å². The molecule has 1 aromatic heterocycles. The van der Waals surface area contributed by atoms with Gasteiger partial charge < -0.3 is 10.4 Å². The van der Waals surface area contributed by atoms with Crippen LogP contribution in [0.15, 0.2) is 34.8 Å². The molecule has 0 amide bonds. The van der Waals surface area contributed by atoms with Crippen LogP contribution >= 0.6 is 15.9 Å². The summed E-state index contributed by atoms with van der Waals surface area (Å²) in [4.78, 5) is 4.57. The maximum absolute atomic E-state index is 10.0. The molecule has 0 radical (unpaired) electrons. The average Bonchev–Trinajstić information content (AvgIpc) is 2.35. The first-order valence-corrected chi connectivity index (χ1v) is 6.97. The fraction of sp³-hybridized carbons (Fsp3) is 0.357. The summed E-state index contributed by atoms with van der Waals surface area (Å²) in [5.74, 6) is 0.815. The Morgan fingerprint density at radius 2 is 2.11 bits per heavy atom. The lowest BCUT2D eigenvalue weighted by Crippen LogP contribution is -2.43. The third-order valence-corrected chi connectivity index (χ3v) is 4.19. The van der Waals surface area contributed by atoms with Crippen molar-refractivity contribution in [1.29, 1.82) is 0 Å². The summed E-state index contributed by atoms with van der Waals surface area (Å²) in [6.45, 7) is 0.579. The maximum Gasteiger partial charge on any atom is 0.126 e. The minimum Gasteiger partial charge on any atom is -0.388 e. The van der Waals surface area contributed by atoms with Crippen molar-refractivity contribution in [3.8, 4) is 0 Å². The van der Waals surface area contributed by atoms with Crippen LogP contribution in [0.4, 0.5) is 5.82 Å². The van der Waals surface area contributed by atoms with Gasteiger partial charge in [-0.15, -0.1) is 0 Å². The molecular formula is C14H15BrN2O. The van der Waals surface area contributed by atoms with Crippen molar-refractivity contribution < 1.29 is 5.11 Å². The van der Waals surface area contributed by atoms with Gasteiger partial charge in [-0.05, 0) is 53.4 Å². The van der Waals surface area contributed by atoms with Gasteiger partial charge in [0.1, 0.15) is 5.82 Å². The predicted molar refractivity (Wildman–Crippen MR) is 76.7 cm³/mol. The number of hydrogen-bond donors (Lipinski definition) is 2. The fourth-order valence-corrected chi connectivity index (χ4v) is 2.70. The molecule has 3 nitrogen and oxygen atoms in total. The number of para-hydroxylation sites is 1. The molecule has 2 N–H and O–H groups in total. The van der Waals surface area contributed by atoms with E-state index in [9.17, 15) is 5.11 Å². The van der Waals surface area contributed by atoms with E-state index in [0.29, 0.717) is 6.54 Å². The second-order valence-corrected chi connectivity index (χ2v) is 5.79. The molecule has 0 atom stereocenters. The van der Waals surface area contributed by atoms with Crippen molar-refractivity contribution in [2.24, 2.45) is 0 Å². The maximum atomic E-state index is 10.0. The SMILES string of the molecule is OC1(CNc2ccc3cccc(Br)c3n2)CCC1. The van der Waals surface area contributed by atoms with Crippen LogP contribution in [0, 0.1) is 0 Å². The normalized spacial score (nSPS) is 17.4. The summed E-state index contributed by atoms with van der Waals surface area (Å²) in [5.41, 5.74) is 0.424. The Balaban J connectivity index is 1.82. The van der Waals surface area contributed by atoms with Crippen LogP contribution in [-0.2, 0) is 0 Å². The highest BCUT2D eigenvalue weighted by atomic mass is 79.9. The number of halogens is 1. The van der Waals surface area contributed by atoms with Gasteiger partial charge in [0.05, 0.1) is 11.1 Å². The van der Waals surface area contributed by atoms with Crippen molar-refractivity contribution in [2.45, 2.75) is 24.9 Å². The highest BCUT2D eigenvalue weighted by molar-refractivity contribution is 9.10. The smallest absolute Gasteiger partial charge is 0.126 e. The molecule has 1 fully saturated rings.